The second-order valence-corrected chi connectivity index (χ2v) is 16.2. The zero-order chi connectivity index (χ0) is 41.3. The number of nitrogens with zero attached hydrogens (tertiary/aromatic N) is 3. The number of likely N-dealkylation sites (N-methyl/N-ethyl adjacent to an activating group) is 1. The number of ether oxygens (including phenoxy) is 5. The summed E-state index contributed by atoms with van der Waals surface area (Å²) in [5.74, 6) is -0.0925. The van der Waals surface area contributed by atoms with E-state index >= 15 is 4.39 Å². The van der Waals surface area contributed by atoms with Crippen LogP contribution in [-0.4, -0.2) is 124 Å². The molecule has 0 aromatic carbocycles. The van der Waals surface area contributed by atoms with E-state index < -0.39 is 89.2 Å². The normalized spacial score (nSPS) is 38.5. The molecule has 15 heteroatoms. The zero-order valence-electron chi connectivity index (χ0n) is 33.8. The number of carbonyl (C=O) groups excluding carboxylic acids is 4. The minimum Gasteiger partial charge on any atom is -0.455 e. The number of carbonyl (C=O) groups is 4. The Morgan fingerprint density at radius 2 is 1.79 bits per heavy atom. The van der Waals surface area contributed by atoms with E-state index in [-0.39, 0.29) is 31.3 Å². The molecule has 14 nitrogen and oxygen atoms in total. The second-order valence-electron chi connectivity index (χ2n) is 16.2. The van der Waals surface area contributed by atoms with Gasteiger partial charge in [0.15, 0.2) is 17.7 Å². The van der Waals surface area contributed by atoms with E-state index in [2.05, 4.69) is 27.1 Å². The van der Waals surface area contributed by atoms with Gasteiger partial charge >= 0.3 is 12.1 Å². The highest BCUT2D eigenvalue weighted by Crippen LogP contribution is 2.41. The van der Waals surface area contributed by atoms with Gasteiger partial charge in [0.1, 0.15) is 24.6 Å². The number of pyridine rings is 2. The van der Waals surface area contributed by atoms with Crippen LogP contribution in [0.25, 0.3) is 11.0 Å². The van der Waals surface area contributed by atoms with Crippen LogP contribution >= 0.6 is 0 Å². The monoisotopic (exact) mass is 782 g/mol. The first-order valence-corrected chi connectivity index (χ1v) is 19.2. The Labute approximate surface area is 327 Å². The molecule has 5 heterocycles. The first-order chi connectivity index (χ1) is 26.2. The number of hydrogen-bond donors (Lipinski definition) is 2. The maximum atomic E-state index is 16.8. The van der Waals surface area contributed by atoms with E-state index in [0.717, 1.165) is 6.92 Å². The van der Waals surface area contributed by atoms with Crippen molar-refractivity contribution >= 4 is 34.7 Å². The lowest BCUT2D eigenvalue weighted by molar-refractivity contribution is -0.296. The molecule has 5 rings (SSSR count). The standard InChI is InChI=1S/C41H55FN4O10/c1-11-30-41(8)33(45-38(51)56-41)24(4)31(47)22(2)20-39(6,52-17-13-14-26-19-28-27(44-21-26)15-12-16-43-28)35(25(5)34(49)40(7,42)37(50)54-30)55-36-32(48)29(46(9)10)18-23(3)53-36/h12,15-16,19,21-25,29-30,32-33,35-36,48H,11,17-18,20H2,1-10H3,(H,45,51)/t22-,23-,24+,25+,29+,30-,32-,33-,35-,36+,39-,40+,41-/m1/s1. The molecule has 3 saturated heterocycles. The van der Waals surface area contributed by atoms with Crippen LogP contribution in [0.15, 0.2) is 30.6 Å². The molecule has 2 aromatic heterocycles. The van der Waals surface area contributed by atoms with Gasteiger partial charge in [-0.15, -0.1) is 0 Å². The van der Waals surface area contributed by atoms with Crippen molar-refractivity contribution in [2.75, 3.05) is 20.7 Å². The van der Waals surface area contributed by atoms with E-state index in [1.165, 1.54) is 13.8 Å². The van der Waals surface area contributed by atoms with Crippen LogP contribution in [0.5, 0.6) is 0 Å². The van der Waals surface area contributed by atoms with Crippen molar-refractivity contribution in [2.24, 2.45) is 17.8 Å². The Morgan fingerprint density at radius 1 is 1.07 bits per heavy atom. The molecule has 0 bridgehead atoms. The summed E-state index contributed by atoms with van der Waals surface area (Å²) in [6.07, 6.45) is -2.62. The maximum absolute atomic E-state index is 16.8. The molecule has 3 aliphatic heterocycles. The number of ketones is 2. The Kier molecular flexibility index (Phi) is 12.9. The van der Waals surface area contributed by atoms with Gasteiger partial charge < -0.3 is 39.0 Å². The van der Waals surface area contributed by atoms with Crippen molar-refractivity contribution < 1.29 is 52.4 Å². The fourth-order valence-corrected chi connectivity index (χ4v) is 8.49. The highest BCUT2D eigenvalue weighted by molar-refractivity contribution is 6.08. The van der Waals surface area contributed by atoms with Crippen molar-refractivity contribution in [2.45, 2.75) is 134 Å². The third kappa shape index (κ3) is 8.60. The number of cyclic esters (lactones) is 1. The fraction of sp³-hybridized carbons (Fsp3) is 0.659. The number of aliphatic hydroxyl groups is 1. The van der Waals surface area contributed by atoms with E-state index in [4.69, 9.17) is 23.7 Å². The Bertz CT molecular complexity index is 1870. The summed E-state index contributed by atoms with van der Waals surface area (Å²) < 4.78 is 47.4. The second kappa shape index (κ2) is 16.8. The topological polar surface area (TPSA) is 176 Å². The van der Waals surface area contributed by atoms with Crippen LogP contribution in [0.1, 0.15) is 80.2 Å². The summed E-state index contributed by atoms with van der Waals surface area (Å²) in [4.78, 5) is 65.7. The predicted octanol–water partition coefficient (Wildman–Crippen LogP) is 3.94. The minimum atomic E-state index is -3.21. The molecular weight excluding hydrogens is 727 g/mol. The SMILES string of the molecule is CC[C@H]1OC(=O)[C@@](C)(F)C(=O)[C@H](C)[C@@H](O[C@@H]2O[C@H](C)C[C@H](N(C)C)[C@H]2O)[C@](C)(OCC#Cc2cnc3cccnc3c2)C[C@@H](C)C(=O)[C@H](C)[C@H]2NC(=O)O[C@@]21C. The summed E-state index contributed by atoms with van der Waals surface area (Å²) in [7, 11) is 3.62. The number of alkyl halides is 1. The van der Waals surface area contributed by atoms with Gasteiger partial charge in [0.2, 0.25) is 0 Å². The fourth-order valence-electron chi connectivity index (χ4n) is 8.49. The zero-order valence-corrected chi connectivity index (χ0v) is 33.8. The van der Waals surface area contributed by atoms with Gasteiger partial charge in [-0.2, -0.15) is 0 Å². The lowest BCUT2D eigenvalue weighted by Crippen LogP contribution is -2.61. The summed E-state index contributed by atoms with van der Waals surface area (Å²) in [5, 5.41) is 14.2. The van der Waals surface area contributed by atoms with Crippen LogP contribution in [0.2, 0.25) is 0 Å². The molecule has 2 N–H and O–H groups in total. The quantitative estimate of drug-likeness (QED) is 0.245. The highest BCUT2D eigenvalue weighted by atomic mass is 19.1. The lowest BCUT2D eigenvalue weighted by atomic mass is 9.73. The molecule has 0 radical (unpaired) electrons. The molecule has 306 valence electrons. The number of esters is 1. The van der Waals surface area contributed by atoms with Crippen molar-refractivity contribution in [3.8, 4) is 11.8 Å². The lowest BCUT2D eigenvalue weighted by Gasteiger charge is -2.47. The van der Waals surface area contributed by atoms with E-state index in [9.17, 15) is 24.3 Å². The number of fused-ring (bicyclic) bond motifs is 2. The average molecular weight is 783 g/mol. The van der Waals surface area contributed by atoms with Crippen LogP contribution in [-0.2, 0) is 38.1 Å². The van der Waals surface area contributed by atoms with Crippen LogP contribution < -0.4 is 5.32 Å². The predicted molar refractivity (Wildman–Crippen MR) is 202 cm³/mol. The van der Waals surface area contributed by atoms with Gasteiger partial charge in [-0.3, -0.25) is 19.6 Å². The van der Waals surface area contributed by atoms with Crippen molar-refractivity contribution in [3.63, 3.8) is 0 Å². The first kappa shape index (κ1) is 43.1. The van der Waals surface area contributed by atoms with Crippen LogP contribution in [0.3, 0.4) is 0 Å². The van der Waals surface area contributed by atoms with Gasteiger partial charge in [-0.05, 0) is 79.3 Å². The van der Waals surface area contributed by atoms with Crippen molar-refractivity contribution in [1.82, 2.24) is 20.2 Å². The summed E-state index contributed by atoms with van der Waals surface area (Å²) in [6, 6.07) is 4.01. The van der Waals surface area contributed by atoms with Gasteiger partial charge in [0, 0.05) is 41.8 Å². The molecule has 3 aliphatic rings. The molecule has 2 aromatic rings. The number of amides is 1. The van der Waals surface area contributed by atoms with E-state index in [1.807, 2.05) is 32.0 Å². The van der Waals surface area contributed by atoms with Crippen LogP contribution in [0, 0.1) is 29.6 Å². The van der Waals surface area contributed by atoms with Gasteiger partial charge in [0.25, 0.3) is 5.67 Å². The number of rotatable bonds is 6. The Hall–Kier alpha value is -4.07. The number of aliphatic hydroxyl groups excluding tert-OH is 1. The molecule has 3 fully saturated rings. The average Bonchev–Trinajstić information content (AvgIpc) is 3.47. The third-order valence-electron chi connectivity index (χ3n) is 11.6. The Morgan fingerprint density at radius 3 is 2.46 bits per heavy atom. The smallest absolute Gasteiger partial charge is 0.408 e. The molecule has 0 spiro atoms. The number of aromatic nitrogens is 2. The molecule has 56 heavy (non-hydrogen) atoms. The molecule has 13 atom stereocenters. The summed E-state index contributed by atoms with van der Waals surface area (Å²) in [5.41, 5.74) is -4.48. The van der Waals surface area contributed by atoms with Crippen molar-refractivity contribution in [1.29, 1.82) is 0 Å². The highest BCUT2D eigenvalue weighted by Gasteiger charge is 2.59. The summed E-state index contributed by atoms with van der Waals surface area (Å²) in [6.45, 7) is 11.9. The molecular formula is C41H55FN4O10. The molecule has 1 amide bonds. The van der Waals surface area contributed by atoms with E-state index in [1.54, 1.807) is 52.2 Å². The first-order valence-electron chi connectivity index (χ1n) is 19.2. The van der Waals surface area contributed by atoms with E-state index in [0.29, 0.717) is 23.0 Å². The minimum absolute atomic E-state index is 0.0799. The van der Waals surface area contributed by atoms with Crippen molar-refractivity contribution in [3.05, 3.63) is 36.2 Å². The number of alkyl carbamates (subject to hydrolysis) is 1. The summed E-state index contributed by atoms with van der Waals surface area (Å²) >= 11 is 0. The maximum Gasteiger partial charge on any atom is 0.408 e. The number of halogens is 1. The Balaban J connectivity index is 1.59. The number of nitrogens with one attached hydrogen (secondary N) is 1. The van der Waals surface area contributed by atoms with Crippen LogP contribution in [0.4, 0.5) is 9.18 Å². The number of Topliss-reactive ketones (excluding diaryl/α,β-unsaturated/α-hetero) is 2. The van der Waals surface area contributed by atoms with Gasteiger partial charge in [0.05, 0.1) is 34.9 Å². The molecule has 0 aliphatic carbocycles. The third-order valence-corrected chi connectivity index (χ3v) is 11.6. The molecule has 0 saturated carbocycles. The van der Waals surface area contributed by atoms with Gasteiger partial charge in [-0.25, -0.2) is 14.0 Å². The molecule has 0 unspecified atom stereocenters. The largest absolute Gasteiger partial charge is 0.455 e. The number of hydrogen-bond acceptors (Lipinski definition) is 13. The van der Waals surface area contributed by atoms with Gasteiger partial charge in [-0.1, -0.05) is 39.5 Å².